The first-order valence-corrected chi connectivity index (χ1v) is 7.38. The predicted molar refractivity (Wildman–Crippen MR) is 88.2 cm³/mol. The van der Waals surface area contributed by atoms with Gasteiger partial charge in [-0.2, -0.15) is 0 Å². The molecule has 1 amide bonds. The Bertz CT molecular complexity index is 961. The van der Waals surface area contributed by atoms with E-state index in [1.807, 2.05) is 0 Å². The molecule has 8 heteroatoms. The van der Waals surface area contributed by atoms with Crippen LogP contribution in [0.5, 0.6) is 0 Å². The molecule has 3 rings (SSSR count). The van der Waals surface area contributed by atoms with Gasteiger partial charge in [-0.25, -0.2) is 22.5 Å². The number of rotatable bonds is 4. The summed E-state index contributed by atoms with van der Waals surface area (Å²) in [6, 6.07) is 10.4. The van der Waals surface area contributed by atoms with Gasteiger partial charge in [0, 0.05) is 0 Å². The summed E-state index contributed by atoms with van der Waals surface area (Å²) in [5, 5.41) is 4.90. The summed E-state index contributed by atoms with van der Waals surface area (Å²) in [6.45, 7) is 0. The molecular weight excluding hydrogens is 350 g/mol. The van der Waals surface area contributed by atoms with Gasteiger partial charge < -0.3 is 10.6 Å². The van der Waals surface area contributed by atoms with Gasteiger partial charge in [-0.3, -0.25) is 4.79 Å². The van der Waals surface area contributed by atoms with Crippen molar-refractivity contribution in [2.45, 2.75) is 0 Å². The summed E-state index contributed by atoms with van der Waals surface area (Å²) < 4.78 is 53.3. The molecule has 26 heavy (non-hydrogen) atoms. The Hall–Kier alpha value is -3.42. The number of hydrogen-bond acceptors (Lipinski definition) is 3. The quantitative estimate of drug-likeness (QED) is 0.526. The van der Waals surface area contributed by atoms with Crippen LogP contribution in [0.2, 0.25) is 0 Å². The van der Waals surface area contributed by atoms with E-state index in [0.29, 0.717) is 11.8 Å². The van der Waals surface area contributed by atoms with Crippen LogP contribution in [-0.2, 0) is 0 Å². The van der Waals surface area contributed by atoms with Crippen LogP contribution in [0.1, 0.15) is 10.5 Å². The third-order valence-corrected chi connectivity index (χ3v) is 3.43. The average molecular weight is 361 g/mol. The van der Waals surface area contributed by atoms with Crippen molar-refractivity contribution in [2.75, 3.05) is 10.6 Å². The van der Waals surface area contributed by atoms with Gasteiger partial charge in [-0.1, -0.05) is 12.1 Å². The van der Waals surface area contributed by atoms with E-state index in [-0.39, 0.29) is 11.4 Å². The van der Waals surface area contributed by atoms with Crippen molar-refractivity contribution in [1.29, 1.82) is 0 Å². The van der Waals surface area contributed by atoms with E-state index >= 15 is 0 Å². The third kappa shape index (κ3) is 3.64. The van der Waals surface area contributed by atoms with Crippen molar-refractivity contribution in [3.8, 4) is 0 Å². The van der Waals surface area contributed by atoms with Gasteiger partial charge in [0.05, 0.1) is 23.3 Å². The first-order chi connectivity index (χ1) is 12.5. The average Bonchev–Trinajstić information content (AvgIpc) is 2.64. The van der Waals surface area contributed by atoms with Gasteiger partial charge >= 0.3 is 0 Å². The largest absolute Gasteiger partial charge is 0.352 e. The molecule has 2 aromatic carbocycles. The number of halogens is 4. The lowest BCUT2D eigenvalue weighted by Crippen LogP contribution is -2.15. The van der Waals surface area contributed by atoms with Crippen molar-refractivity contribution >= 4 is 23.0 Å². The van der Waals surface area contributed by atoms with E-state index in [0.717, 1.165) is 6.07 Å². The smallest absolute Gasteiger partial charge is 0.274 e. The standard InChI is InChI=1S/C18H11F4N3O/c19-11-3-1-2-4-13(11)24-10-5-7-15(23-9-10)18(26)25-14-8-6-12(20)16(21)17(14)22/h1-9,24H,(H,25,26). The summed E-state index contributed by atoms with van der Waals surface area (Å²) in [5.74, 6) is -5.81. The van der Waals surface area contributed by atoms with Crippen LogP contribution < -0.4 is 10.6 Å². The molecule has 1 aromatic heterocycles. The lowest BCUT2D eigenvalue weighted by atomic mass is 10.2. The van der Waals surface area contributed by atoms with E-state index in [9.17, 15) is 22.4 Å². The fourth-order valence-corrected chi connectivity index (χ4v) is 2.13. The molecule has 0 fully saturated rings. The molecule has 0 atom stereocenters. The second-order valence-electron chi connectivity index (χ2n) is 5.21. The van der Waals surface area contributed by atoms with Crippen LogP contribution in [0, 0.1) is 23.3 Å². The number of hydrogen-bond donors (Lipinski definition) is 2. The van der Waals surface area contributed by atoms with Crippen molar-refractivity contribution in [1.82, 2.24) is 4.98 Å². The molecule has 0 aliphatic rings. The first kappa shape index (κ1) is 17.4. The van der Waals surface area contributed by atoms with E-state index in [2.05, 4.69) is 15.6 Å². The van der Waals surface area contributed by atoms with Crippen LogP contribution in [0.3, 0.4) is 0 Å². The summed E-state index contributed by atoms with van der Waals surface area (Å²) in [5.41, 5.74) is 0.0542. The summed E-state index contributed by atoms with van der Waals surface area (Å²) in [4.78, 5) is 15.9. The number of nitrogens with zero attached hydrogens (tertiary/aromatic N) is 1. The van der Waals surface area contributed by atoms with E-state index in [1.165, 1.54) is 30.5 Å². The summed E-state index contributed by atoms with van der Waals surface area (Å²) in [6.07, 6.45) is 1.28. The van der Waals surface area contributed by atoms with Crippen molar-refractivity contribution < 1.29 is 22.4 Å². The van der Waals surface area contributed by atoms with Gasteiger partial charge in [-0.05, 0) is 36.4 Å². The second kappa shape index (κ2) is 7.22. The van der Waals surface area contributed by atoms with Crippen molar-refractivity contribution in [2.24, 2.45) is 0 Å². The Morgan fingerprint density at radius 3 is 2.27 bits per heavy atom. The Labute approximate surface area is 145 Å². The normalized spacial score (nSPS) is 10.5. The molecule has 2 N–H and O–H groups in total. The minimum atomic E-state index is -1.68. The number of nitrogens with one attached hydrogen (secondary N) is 2. The SMILES string of the molecule is O=C(Nc1ccc(F)c(F)c1F)c1ccc(Nc2ccccc2F)cn1. The highest BCUT2D eigenvalue weighted by Crippen LogP contribution is 2.21. The number of benzene rings is 2. The Morgan fingerprint density at radius 2 is 1.58 bits per heavy atom. The summed E-state index contributed by atoms with van der Waals surface area (Å²) in [7, 11) is 0. The van der Waals surface area contributed by atoms with Gasteiger partial charge in [0.2, 0.25) is 0 Å². The highest BCUT2D eigenvalue weighted by Gasteiger charge is 2.16. The molecule has 0 saturated heterocycles. The monoisotopic (exact) mass is 361 g/mol. The molecule has 0 saturated carbocycles. The third-order valence-electron chi connectivity index (χ3n) is 3.43. The maximum Gasteiger partial charge on any atom is 0.274 e. The zero-order valence-electron chi connectivity index (χ0n) is 13.1. The van der Waals surface area contributed by atoms with Gasteiger partial charge in [0.25, 0.3) is 5.91 Å². The molecular formula is C18H11F4N3O. The maximum absolute atomic E-state index is 13.6. The highest BCUT2D eigenvalue weighted by molar-refractivity contribution is 6.03. The van der Waals surface area contributed by atoms with Crippen molar-refractivity contribution in [3.63, 3.8) is 0 Å². The topological polar surface area (TPSA) is 54.0 Å². The van der Waals surface area contributed by atoms with Crippen LogP contribution in [0.15, 0.2) is 54.7 Å². The molecule has 1 heterocycles. The molecule has 0 bridgehead atoms. The van der Waals surface area contributed by atoms with Gasteiger partial charge in [-0.15, -0.1) is 0 Å². The lowest BCUT2D eigenvalue weighted by molar-refractivity contribution is 0.102. The van der Waals surface area contributed by atoms with E-state index in [1.54, 1.807) is 12.1 Å². The highest BCUT2D eigenvalue weighted by atomic mass is 19.2. The Balaban J connectivity index is 1.73. The minimum Gasteiger partial charge on any atom is -0.352 e. The van der Waals surface area contributed by atoms with Gasteiger partial charge in [0.15, 0.2) is 17.5 Å². The van der Waals surface area contributed by atoms with Crippen molar-refractivity contribution in [3.05, 3.63) is 83.7 Å². The molecule has 3 aromatic rings. The minimum absolute atomic E-state index is 0.0896. The molecule has 0 aliphatic carbocycles. The van der Waals surface area contributed by atoms with E-state index in [4.69, 9.17) is 0 Å². The number of para-hydroxylation sites is 1. The van der Waals surface area contributed by atoms with E-state index < -0.39 is 34.9 Å². The van der Waals surface area contributed by atoms with Crippen LogP contribution in [0.25, 0.3) is 0 Å². The molecule has 4 nitrogen and oxygen atoms in total. The van der Waals surface area contributed by atoms with Gasteiger partial charge in [0.1, 0.15) is 11.5 Å². The number of anilines is 3. The molecule has 0 aliphatic heterocycles. The zero-order valence-corrected chi connectivity index (χ0v) is 13.1. The van der Waals surface area contributed by atoms with Crippen LogP contribution in [-0.4, -0.2) is 10.9 Å². The Kier molecular flexibility index (Phi) is 4.83. The lowest BCUT2D eigenvalue weighted by Gasteiger charge is -2.09. The number of pyridine rings is 1. The predicted octanol–water partition coefficient (Wildman–Crippen LogP) is 4.63. The molecule has 132 valence electrons. The second-order valence-corrected chi connectivity index (χ2v) is 5.21. The molecule has 0 unspecified atom stereocenters. The zero-order chi connectivity index (χ0) is 18.7. The summed E-state index contributed by atoms with van der Waals surface area (Å²) >= 11 is 0. The fourth-order valence-electron chi connectivity index (χ4n) is 2.13. The van der Waals surface area contributed by atoms with Crippen LogP contribution >= 0.6 is 0 Å². The number of amides is 1. The van der Waals surface area contributed by atoms with Crippen LogP contribution in [0.4, 0.5) is 34.6 Å². The maximum atomic E-state index is 13.6. The molecule has 0 spiro atoms. The first-order valence-electron chi connectivity index (χ1n) is 7.38. The number of carbonyl (C=O) groups excluding carboxylic acids is 1. The number of aromatic nitrogens is 1. The fraction of sp³-hybridized carbons (Fsp3) is 0. The Morgan fingerprint density at radius 1 is 0.808 bits per heavy atom. The molecule has 0 radical (unpaired) electrons. The number of carbonyl (C=O) groups is 1.